The Balaban J connectivity index is 1.96. The van der Waals surface area contributed by atoms with Crippen LogP contribution in [-0.4, -0.2) is 38.0 Å². The fourth-order valence-corrected chi connectivity index (χ4v) is 2.55. The zero-order valence-corrected chi connectivity index (χ0v) is 16.5. The third kappa shape index (κ3) is 5.47. The number of benzene rings is 2. The molecule has 2 aromatic rings. The Bertz CT molecular complexity index is 867. The maximum Gasteiger partial charge on any atom is 0.341 e. The number of esters is 1. The summed E-state index contributed by atoms with van der Waals surface area (Å²) < 4.78 is 9.87. The predicted molar refractivity (Wildman–Crippen MR) is 105 cm³/mol. The lowest BCUT2D eigenvalue weighted by atomic mass is 10.1. The number of ether oxygens (including phenoxy) is 2. The van der Waals surface area contributed by atoms with E-state index in [4.69, 9.17) is 21.1 Å². The Morgan fingerprint density at radius 3 is 2.36 bits per heavy atom. The number of amides is 2. The molecule has 148 valence electrons. The van der Waals surface area contributed by atoms with Gasteiger partial charge in [0.15, 0.2) is 0 Å². The molecule has 0 saturated carbocycles. The van der Waals surface area contributed by atoms with Crippen molar-refractivity contribution in [2.75, 3.05) is 14.2 Å². The standard InChI is InChI=1S/C20H21ClN2O5/c1-12(23-19(25)14-5-7-15(21)8-6-14)18(24)22-11-13-4-9-17(27-2)16(10-13)20(26)28-3/h4-10,12H,11H2,1-3H3,(H,22,24)(H,23,25). The number of hydrogen-bond acceptors (Lipinski definition) is 5. The van der Waals surface area contributed by atoms with Crippen molar-refractivity contribution in [2.24, 2.45) is 0 Å². The molecule has 2 rings (SSSR count). The van der Waals surface area contributed by atoms with E-state index in [1.807, 2.05) is 0 Å². The van der Waals surface area contributed by atoms with Crippen LogP contribution in [0.3, 0.4) is 0 Å². The molecule has 2 N–H and O–H groups in total. The highest BCUT2D eigenvalue weighted by Gasteiger charge is 2.17. The Morgan fingerprint density at radius 2 is 1.75 bits per heavy atom. The monoisotopic (exact) mass is 404 g/mol. The molecule has 1 atom stereocenters. The van der Waals surface area contributed by atoms with Crippen LogP contribution < -0.4 is 15.4 Å². The van der Waals surface area contributed by atoms with Crippen molar-refractivity contribution in [2.45, 2.75) is 19.5 Å². The number of methoxy groups -OCH3 is 2. The molecular weight excluding hydrogens is 384 g/mol. The van der Waals surface area contributed by atoms with E-state index < -0.39 is 12.0 Å². The van der Waals surface area contributed by atoms with Crippen LogP contribution in [0.5, 0.6) is 5.75 Å². The Labute approximate surface area is 168 Å². The number of halogens is 1. The first-order chi connectivity index (χ1) is 13.3. The van der Waals surface area contributed by atoms with Gasteiger partial charge in [0.05, 0.1) is 14.2 Å². The van der Waals surface area contributed by atoms with Gasteiger partial charge in [-0.15, -0.1) is 0 Å². The van der Waals surface area contributed by atoms with Crippen molar-refractivity contribution in [1.82, 2.24) is 10.6 Å². The molecule has 0 aliphatic carbocycles. The third-order valence-electron chi connectivity index (χ3n) is 3.98. The van der Waals surface area contributed by atoms with Crippen LogP contribution in [0, 0.1) is 0 Å². The predicted octanol–water partition coefficient (Wildman–Crippen LogP) is 2.57. The molecule has 28 heavy (non-hydrogen) atoms. The summed E-state index contributed by atoms with van der Waals surface area (Å²) in [5.41, 5.74) is 1.36. The molecule has 0 saturated heterocycles. The maximum absolute atomic E-state index is 12.3. The fraction of sp³-hybridized carbons (Fsp3) is 0.250. The molecule has 0 radical (unpaired) electrons. The minimum atomic E-state index is -0.749. The lowest BCUT2D eigenvalue weighted by Crippen LogP contribution is -2.44. The molecule has 0 aliphatic rings. The van der Waals surface area contributed by atoms with Gasteiger partial charge in [0.1, 0.15) is 17.4 Å². The molecule has 7 nitrogen and oxygen atoms in total. The first kappa shape index (κ1) is 21.2. The molecule has 0 bridgehead atoms. The van der Waals surface area contributed by atoms with Crippen LogP contribution in [0.15, 0.2) is 42.5 Å². The lowest BCUT2D eigenvalue weighted by Gasteiger charge is -2.15. The highest BCUT2D eigenvalue weighted by molar-refractivity contribution is 6.30. The average molecular weight is 405 g/mol. The van der Waals surface area contributed by atoms with Crippen LogP contribution in [0.2, 0.25) is 5.02 Å². The normalized spacial score (nSPS) is 11.3. The van der Waals surface area contributed by atoms with Gasteiger partial charge >= 0.3 is 5.97 Å². The molecule has 0 aliphatic heterocycles. The molecule has 8 heteroatoms. The fourth-order valence-electron chi connectivity index (χ4n) is 2.42. The minimum Gasteiger partial charge on any atom is -0.496 e. The summed E-state index contributed by atoms with van der Waals surface area (Å²) in [4.78, 5) is 36.3. The van der Waals surface area contributed by atoms with Crippen molar-refractivity contribution >= 4 is 29.4 Å². The van der Waals surface area contributed by atoms with Crippen LogP contribution in [0.25, 0.3) is 0 Å². The van der Waals surface area contributed by atoms with Crippen molar-refractivity contribution in [1.29, 1.82) is 0 Å². The second-order valence-corrected chi connectivity index (χ2v) is 6.38. The molecule has 0 aromatic heterocycles. The molecule has 2 aromatic carbocycles. The number of carbonyl (C=O) groups is 3. The van der Waals surface area contributed by atoms with Crippen molar-refractivity contribution in [3.05, 3.63) is 64.2 Å². The summed E-state index contributed by atoms with van der Waals surface area (Å²) in [7, 11) is 2.73. The second kappa shape index (κ2) is 9.75. The maximum atomic E-state index is 12.3. The van der Waals surface area contributed by atoms with Crippen LogP contribution >= 0.6 is 11.6 Å². The summed E-state index contributed by atoms with van der Waals surface area (Å²) in [5.74, 6) is -0.895. The zero-order chi connectivity index (χ0) is 20.7. The van der Waals surface area contributed by atoms with Gasteiger partial charge in [0.2, 0.25) is 5.91 Å². The van der Waals surface area contributed by atoms with Gasteiger partial charge in [0.25, 0.3) is 5.91 Å². The van der Waals surface area contributed by atoms with Gasteiger partial charge in [-0.1, -0.05) is 17.7 Å². The van der Waals surface area contributed by atoms with Gasteiger partial charge < -0.3 is 20.1 Å². The highest BCUT2D eigenvalue weighted by atomic mass is 35.5. The van der Waals surface area contributed by atoms with Gasteiger partial charge in [-0.3, -0.25) is 9.59 Å². The first-order valence-electron chi connectivity index (χ1n) is 8.45. The molecule has 1 unspecified atom stereocenters. The van der Waals surface area contributed by atoms with E-state index in [0.717, 1.165) is 0 Å². The third-order valence-corrected chi connectivity index (χ3v) is 4.24. The SMILES string of the molecule is COC(=O)c1cc(CNC(=O)C(C)NC(=O)c2ccc(Cl)cc2)ccc1OC. The van der Waals surface area contributed by atoms with E-state index in [0.29, 0.717) is 21.9 Å². The van der Waals surface area contributed by atoms with Crippen LogP contribution in [0.1, 0.15) is 33.2 Å². The Kier molecular flexibility index (Phi) is 7.40. The molecule has 2 amide bonds. The summed E-state index contributed by atoms with van der Waals surface area (Å²) >= 11 is 5.80. The Morgan fingerprint density at radius 1 is 1.07 bits per heavy atom. The molecular formula is C20H21ClN2O5. The number of hydrogen-bond donors (Lipinski definition) is 2. The van der Waals surface area contributed by atoms with Gasteiger partial charge in [-0.2, -0.15) is 0 Å². The van der Waals surface area contributed by atoms with Crippen LogP contribution in [-0.2, 0) is 16.1 Å². The largest absolute Gasteiger partial charge is 0.496 e. The zero-order valence-electron chi connectivity index (χ0n) is 15.7. The average Bonchev–Trinajstić information content (AvgIpc) is 2.71. The summed E-state index contributed by atoms with van der Waals surface area (Å²) in [5, 5.41) is 5.86. The van der Waals surface area contributed by atoms with E-state index in [9.17, 15) is 14.4 Å². The smallest absolute Gasteiger partial charge is 0.341 e. The summed E-state index contributed by atoms with van der Waals surface area (Å²) in [6, 6.07) is 10.5. The van der Waals surface area contributed by atoms with Gasteiger partial charge in [-0.05, 0) is 48.9 Å². The van der Waals surface area contributed by atoms with E-state index >= 15 is 0 Å². The van der Waals surface area contributed by atoms with Gasteiger partial charge in [-0.25, -0.2) is 4.79 Å². The van der Waals surface area contributed by atoms with E-state index in [2.05, 4.69) is 10.6 Å². The summed E-state index contributed by atoms with van der Waals surface area (Å²) in [6.07, 6.45) is 0. The molecule has 0 fully saturated rings. The van der Waals surface area contributed by atoms with E-state index in [-0.39, 0.29) is 23.9 Å². The quantitative estimate of drug-likeness (QED) is 0.692. The highest BCUT2D eigenvalue weighted by Crippen LogP contribution is 2.20. The van der Waals surface area contributed by atoms with Crippen molar-refractivity contribution < 1.29 is 23.9 Å². The second-order valence-electron chi connectivity index (χ2n) is 5.95. The van der Waals surface area contributed by atoms with E-state index in [1.54, 1.807) is 49.4 Å². The topological polar surface area (TPSA) is 93.7 Å². The number of rotatable bonds is 7. The van der Waals surface area contributed by atoms with Crippen LogP contribution in [0.4, 0.5) is 0 Å². The Hall–Kier alpha value is -3.06. The van der Waals surface area contributed by atoms with E-state index in [1.165, 1.54) is 14.2 Å². The molecule has 0 heterocycles. The number of carbonyl (C=O) groups excluding carboxylic acids is 3. The first-order valence-corrected chi connectivity index (χ1v) is 8.83. The van der Waals surface area contributed by atoms with Crippen molar-refractivity contribution in [3.8, 4) is 5.75 Å². The summed E-state index contributed by atoms with van der Waals surface area (Å²) in [6.45, 7) is 1.75. The van der Waals surface area contributed by atoms with Gasteiger partial charge in [0, 0.05) is 17.1 Å². The number of nitrogens with one attached hydrogen (secondary N) is 2. The van der Waals surface area contributed by atoms with Crippen molar-refractivity contribution in [3.63, 3.8) is 0 Å². The molecule has 0 spiro atoms. The minimum absolute atomic E-state index is 0.175. The lowest BCUT2D eigenvalue weighted by molar-refractivity contribution is -0.122.